The summed E-state index contributed by atoms with van der Waals surface area (Å²) in [4.78, 5) is 52.8. The van der Waals surface area contributed by atoms with E-state index < -0.39 is 11.4 Å². The van der Waals surface area contributed by atoms with Crippen LogP contribution < -0.4 is 32.6 Å². The zero-order chi connectivity index (χ0) is 51.9. The zero-order valence-electron chi connectivity index (χ0n) is 42.3. The predicted molar refractivity (Wildman–Crippen MR) is 292 cm³/mol. The van der Waals surface area contributed by atoms with Crippen molar-refractivity contribution in [1.29, 1.82) is 0 Å². The van der Waals surface area contributed by atoms with Crippen molar-refractivity contribution >= 4 is 79.5 Å². The number of piperazine rings is 1. The minimum Gasteiger partial charge on any atom is -0.505 e. The second kappa shape index (κ2) is 22.4. The Kier molecular flexibility index (Phi) is 15.3. The number of phenolic OH excluding ortho intramolecular Hbond substituents is 2. The SMILES string of the molecule is Cc1cc(Nc2nc(NCCCN3CCN(CCCNc4nc(Nc5cc(C)cc6cc(C)c(N=Nc7ccccc7C)c(O)c56)[nH]c(=O)n4)CC3)nc(=O)[nH]2)c2c(O)c(N=Nc3ccccc3C)c(C)cc2c1. The summed E-state index contributed by atoms with van der Waals surface area (Å²) >= 11 is 0. The second-order valence-corrected chi connectivity index (χ2v) is 18.7. The smallest absolute Gasteiger partial charge is 0.351 e. The lowest BCUT2D eigenvalue weighted by Gasteiger charge is -2.34. The molecule has 0 atom stereocenters. The first kappa shape index (κ1) is 50.3. The van der Waals surface area contributed by atoms with Crippen LogP contribution in [0.15, 0.2) is 115 Å². The maximum absolute atomic E-state index is 12.7. The highest BCUT2D eigenvalue weighted by Gasteiger charge is 2.20. The van der Waals surface area contributed by atoms with Gasteiger partial charge in [-0.2, -0.15) is 30.2 Å². The molecule has 0 unspecified atom stereocenters. The lowest BCUT2D eigenvalue weighted by Crippen LogP contribution is -2.47. The predicted octanol–water partition coefficient (Wildman–Crippen LogP) is 10.5. The number of phenols is 2. The van der Waals surface area contributed by atoms with Gasteiger partial charge in [0.2, 0.25) is 23.8 Å². The Morgan fingerprint density at radius 3 is 1.34 bits per heavy atom. The minimum atomic E-state index is -0.565. The highest BCUT2D eigenvalue weighted by molar-refractivity contribution is 6.04. The van der Waals surface area contributed by atoms with Crippen LogP contribution in [0, 0.1) is 41.5 Å². The number of nitrogens with zero attached hydrogens (tertiary/aromatic N) is 10. The van der Waals surface area contributed by atoms with Gasteiger partial charge in [0.1, 0.15) is 11.4 Å². The standard InChI is InChI=1S/C54H60N16O4/c1-31-25-37-29-35(5)45(67-65-39-15-9-7-13-33(39)3)47(71)43(37)41(27-31)57-51-59-49(61-53(73)63-51)55-17-11-19-69-21-23-70(24-22-69)20-12-18-56-50-60-52(64-54(74)62-50)58-42-28-32(2)26-38-30-36(6)46(48(72)44(38)42)68-66-40-16-10-8-14-34(40)4/h7-10,13-16,25-30,71-72H,11-12,17-24H2,1-6H3,(H3,55,57,59,61,63,73)(H3,56,58,60,62,64,74). The number of aromatic hydroxyl groups is 2. The Morgan fingerprint density at radius 2 is 0.932 bits per heavy atom. The summed E-state index contributed by atoms with van der Waals surface area (Å²) < 4.78 is 0. The van der Waals surface area contributed by atoms with Gasteiger partial charge in [-0.05, 0) is 148 Å². The van der Waals surface area contributed by atoms with Crippen LogP contribution in [0.3, 0.4) is 0 Å². The highest BCUT2D eigenvalue weighted by atomic mass is 16.3. The molecule has 8 N–H and O–H groups in total. The van der Waals surface area contributed by atoms with Gasteiger partial charge in [-0.15, -0.1) is 10.2 Å². The number of hydrogen-bond acceptors (Lipinski definition) is 18. The summed E-state index contributed by atoms with van der Waals surface area (Å²) in [5.74, 6) is 0.680. The Morgan fingerprint density at radius 1 is 0.527 bits per heavy atom. The lowest BCUT2D eigenvalue weighted by atomic mass is 10.0. The molecule has 1 aliphatic heterocycles. The minimum absolute atomic E-state index is 0.0331. The molecule has 0 radical (unpaired) electrons. The largest absolute Gasteiger partial charge is 0.505 e. The maximum atomic E-state index is 12.7. The van der Waals surface area contributed by atoms with Gasteiger partial charge in [0, 0.05) is 50.0 Å². The quantitative estimate of drug-likeness (QED) is 0.0294. The third kappa shape index (κ3) is 12.0. The molecule has 380 valence electrons. The number of H-pyrrole nitrogens is 2. The van der Waals surface area contributed by atoms with E-state index in [0.717, 1.165) is 96.3 Å². The molecule has 1 fully saturated rings. The summed E-state index contributed by atoms with van der Waals surface area (Å²) in [7, 11) is 0. The Labute approximate surface area is 427 Å². The first-order valence-corrected chi connectivity index (χ1v) is 24.7. The molecular weight excluding hydrogens is 937 g/mol. The van der Waals surface area contributed by atoms with Crippen molar-refractivity contribution in [3.8, 4) is 11.5 Å². The van der Waals surface area contributed by atoms with Gasteiger partial charge in [0.25, 0.3) is 0 Å². The van der Waals surface area contributed by atoms with Gasteiger partial charge in [0.05, 0.1) is 22.7 Å². The van der Waals surface area contributed by atoms with Gasteiger partial charge in [-0.1, -0.05) is 48.5 Å². The van der Waals surface area contributed by atoms with Crippen LogP contribution in [-0.2, 0) is 0 Å². The van der Waals surface area contributed by atoms with Gasteiger partial charge in [0.15, 0.2) is 11.5 Å². The molecule has 0 spiro atoms. The molecule has 1 aliphatic rings. The molecule has 20 nitrogen and oxygen atoms in total. The molecule has 9 rings (SSSR count). The van der Waals surface area contributed by atoms with E-state index in [1.807, 2.05) is 126 Å². The van der Waals surface area contributed by atoms with E-state index in [-0.39, 0.29) is 35.3 Å². The van der Waals surface area contributed by atoms with Crippen LogP contribution >= 0.6 is 0 Å². The van der Waals surface area contributed by atoms with Crippen molar-refractivity contribution in [3.63, 3.8) is 0 Å². The van der Waals surface area contributed by atoms with Crippen LogP contribution in [0.4, 0.5) is 57.9 Å². The van der Waals surface area contributed by atoms with E-state index >= 15 is 0 Å². The first-order valence-electron chi connectivity index (χ1n) is 24.7. The topological polar surface area (TPSA) is 262 Å². The van der Waals surface area contributed by atoms with Crippen molar-refractivity contribution in [2.45, 2.75) is 54.4 Å². The Hall–Kier alpha value is -8.62. The van der Waals surface area contributed by atoms with E-state index in [4.69, 9.17) is 0 Å². The van der Waals surface area contributed by atoms with E-state index in [1.165, 1.54) is 0 Å². The second-order valence-electron chi connectivity index (χ2n) is 18.7. The molecule has 3 heterocycles. The number of aromatic amines is 2. The van der Waals surface area contributed by atoms with Gasteiger partial charge < -0.3 is 41.3 Å². The molecule has 6 aromatic carbocycles. The molecule has 1 saturated heterocycles. The lowest BCUT2D eigenvalue weighted by molar-refractivity contribution is 0.132. The first-order chi connectivity index (χ1) is 35.7. The molecule has 0 aliphatic carbocycles. The molecular formula is C54H60N16O4. The van der Waals surface area contributed by atoms with E-state index in [0.29, 0.717) is 58.0 Å². The average molecular weight is 997 g/mol. The Bertz CT molecular complexity index is 3320. The zero-order valence-corrected chi connectivity index (χ0v) is 42.3. The van der Waals surface area contributed by atoms with Crippen LogP contribution in [0.25, 0.3) is 21.5 Å². The van der Waals surface area contributed by atoms with Crippen molar-refractivity contribution in [3.05, 3.63) is 139 Å². The summed E-state index contributed by atoms with van der Waals surface area (Å²) in [6.07, 6.45) is 1.63. The van der Waals surface area contributed by atoms with Crippen molar-refractivity contribution in [1.82, 2.24) is 39.7 Å². The third-order valence-corrected chi connectivity index (χ3v) is 12.9. The number of benzene rings is 6. The summed E-state index contributed by atoms with van der Waals surface area (Å²) in [5.41, 5.74) is 7.45. The number of azo groups is 2. The monoisotopic (exact) mass is 996 g/mol. The molecule has 74 heavy (non-hydrogen) atoms. The summed E-state index contributed by atoms with van der Waals surface area (Å²) in [5, 5.41) is 56.4. The number of aromatic nitrogens is 6. The third-order valence-electron chi connectivity index (χ3n) is 12.9. The normalized spacial score (nSPS) is 13.4. The molecule has 0 saturated carbocycles. The van der Waals surface area contributed by atoms with Crippen molar-refractivity contribution < 1.29 is 10.2 Å². The fourth-order valence-corrected chi connectivity index (χ4v) is 9.15. The fraction of sp³-hybridized carbons (Fsp3) is 0.296. The van der Waals surface area contributed by atoms with Crippen LogP contribution in [0.1, 0.15) is 46.2 Å². The van der Waals surface area contributed by atoms with E-state index in [2.05, 4.69) is 81.4 Å². The van der Waals surface area contributed by atoms with Crippen molar-refractivity contribution in [2.75, 3.05) is 73.6 Å². The highest BCUT2D eigenvalue weighted by Crippen LogP contribution is 2.45. The van der Waals surface area contributed by atoms with Crippen molar-refractivity contribution in [2.24, 2.45) is 20.5 Å². The molecule has 0 amide bonds. The summed E-state index contributed by atoms with van der Waals surface area (Å²) in [6.45, 7) is 18.1. The number of anilines is 6. The number of hydrogen-bond donors (Lipinski definition) is 8. The number of fused-ring (bicyclic) bond motifs is 2. The molecule has 0 bridgehead atoms. The van der Waals surface area contributed by atoms with Gasteiger partial charge in [-0.3, -0.25) is 9.97 Å². The average Bonchev–Trinajstić information content (AvgIpc) is 3.34. The fourth-order valence-electron chi connectivity index (χ4n) is 9.15. The van der Waals surface area contributed by atoms with Crippen LogP contribution in [0.2, 0.25) is 0 Å². The number of aryl methyl sites for hydroxylation is 6. The number of rotatable bonds is 18. The molecule has 20 heteroatoms. The molecule has 8 aromatic rings. The summed E-state index contributed by atoms with van der Waals surface area (Å²) in [6, 6.07) is 26.9. The van der Waals surface area contributed by atoms with Crippen LogP contribution in [0.5, 0.6) is 11.5 Å². The molecule has 2 aromatic heterocycles. The Balaban J connectivity index is 0.742. The van der Waals surface area contributed by atoms with E-state index in [1.54, 1.807) is 0 Å². The van der Waals surface area contributed by atoms with Gasteiger partial charge in [-0.25, -0.2) is 9.59 Å². The maximum Gasteiger partial charge on any atom is 0.351 e. The van der Waals surface area contributed by atoms with Crippen LogP contribution in [-0.4, -0.2) is 102 Å². The van der Waals surface area contributed by atoms with E-state index in [9.17, 15) is 19.8 Å². The van der Waals surface area contributed by atoms with Gasteiger partial charge >= 0.3 is 11.4 Å². The number of nitrogens with one attached hydrogen (secondary N) is 6.